The fourth-order valence-electron chi connectivity index (χ4n) is 4.84. The van der Waals surface area contributed by atoms with Gasteiger partial charge in [-0.3, -0.25) is 27.7 Å². The predicted molar refractivity (Wildman–Crippen MR) is 186 cm³/mol. The van der Waals surface area contributed by atoms with Crippen molar-refractivity contribution in [1.82, 2.24) is 19.5 Å². The minimum absolute atomic E-state index is 0.0350. The molecule has 23 nitrogen and oxygen atoms in total. The van der Waals surface area contributed by atoms with Gasteiger partial charge in [0.2, 0.25) is 0 Å². The maximum absolute atomic E-state index is 12.7. The van der Waals surface area contributed by atoms with Gasteiger partial charge in [-0.15, -0.1) is 0 Å². The van der Waals surface area contributed by atoms with Crippen LogP contribution in [0.1, 0.15) is 79.9 Å². The minimum Gasteiger partial charge on any atom is -0.390 e. The largest absolute Gasteiger partial charge is 0.481 e. The number of hydrogen-bond donors (Lipinski definition) is 7. The molecule has 1 aliphatic rings. The number of nitrogens with zero attached hydrogens (tertiary/aromatic N) is 5. The fraction of sp³-hybridized carbons (Fsp3) is 0.714. The molecular weight excluding hydrogens is 785 g/mol. The second kappa shape index (κ2) is 18.1. The van der Waals surface area contributed by atoms with Crippen LogP contribution < -0.4 is 5.73 Å². The predicted octanol–water partition coefficient (Wildman–Crippen LogP) is 2.06. The van der Waals surface area contributed by atoms with Gasteiger partial charge in [-0.1, -0.05) is 19.0 Å². The molecule has 26 heteroatoms. The number of imidazole rings is 1. The molecule has 1 aliphatic heterocycles. The number of Topliss-reactive ketones (excluding diaryl/α,β-unsaturated/α-hetero) is 2. The van der Waals surface area contributed by atoms with E-state index in [0.29, 0.717) is 12.1 Å². The molecule has 7 unspecified atom stereocenters. The highest BCUT2D eigenvalue weighted by Gasteiger charge is 2.50. The molecule has 3 heterocycles. The number of rotatable bonds is 21. The number of hydrogen-bond acceptors (Lipinski definition) is 18. The van der Waals surface area contributed by atoms with E-state index in [4.69, 9.17) is 24.4 Å². The Labute approximate surface area is 309 Å². The number of nitrogens with two attached hydrogens (primary N) is 1. The Morgan fingerprint density at radius 2 is 1.65 bits per heavy atom. The summed E-state index contributed by atoms with van der Waals surface area (Å²) in [5, 5.41) is 25.5. The van der Waals surface area contributed by atoms with Gasteiger partial charge in [0.1, 0.15) is 47.6 Å². The van der Waals surface area contributed by atoms with Gasteiger partial charge in [0.15, 0.2) is 23.5 Å². The van der Waals surface area contributed by atoms with Gasteiger partial charge in [0.25, 0.3) is 0 Å². The molecule has 2 aromatic rings. The maximum Gasteiger partial charge on any atom is 0.481 e. The standard InChI is InChI=1S/C28H47N6O17P3/c1-16(33-50-27(2,3)4)10-11-17(35)8-7-9-18(36)23(38)28(5,6)13-47-54(44,45)51-53(42,43)46-12-19-22(49-52(39,40)41)21(37)26(48-19)34-15-32-20-24(29)30-14-31-25(20)34/h14-15,19,21-23,26,37-38H,7-13H2,1-6H3,(H,42,43)(H,44,45)(H2,29,30,31)(H2,39,40,41)/b33-16+. The smallest absolute Gasteiger partial charge is 0.390 e. The number of carbonyl (C=O) groups excluding carboxylic acids is 2. The van der Waals surface area contributed by atoms with Crippen molar-refractivity contribution in [2.24, 2.45) is 10.6 Å². The molecule has 8 N–H and O–H groups in total. The zero-order chi connectivity index (χ0) is 40.9. The highest BCUT2D eigenvalue weighted by atomic mass is 31.3. The number of ether oxygens (including phenoxy) is 1. The summed E-state index contributed by atoms with van der Waals surface area (Å²) in [5.74, 6) is -0.861. The second-order valence-corrected chi connectivity index (χ2v) is 18.3. The first-order valence-electron chi connectivity index (χ1n) is 16.3. The van der Waals surface area contributed by atoms with Crippen LogP contribution in [0.2, 0.25) is 0 Å². The average Bonchev–Trinajstić information content (AvgIpc) is 3.60. The molecule has 0 aliphatic carbocycles. The summed E-state index contributed by atoms with van der Waals surface area (Å²) in [6.45, 7) is 7.89. The number of oxime groups is 1. The number of carbonyl (C=O) groups is 2. The molecule has 1 saturated heterocycles. The molecule has 1 fully saturated rings. The summed E-state index contributed by atoms with van der Waals surface area (Å²) < 4.78 is 62.2. The maximum atomic E-state index is 12.7. The van der Waals surface area contributed by atoms with Crippen LogP contribution in [-0.2, 0) is 50.7 Å². The molecule has 0 saturated carbocycles. The van der Waals surface area contributed by atoms with Crippen molar-refractivity contribution in [2.75, 3.05) is 18.9 Å². The fourth-order valence-corrected chi connectivity index (χ4v) is 7.67. The summed E-state index contributed by atoms with van der Waals surface area (Å²) >= 11 is 0. The van der Waals surface area contributed by atoms with Gasteiger partial charge in [-0.05, 0) is 40.5 Å². The van der Waals surface area contributed by atoms with Crippen LogP contribution in [0, 0.1) is 5.41 Å². The highest BCUT2D eigenvalue weighted by Crippen LogP contribution is 2.61. The lowest BCUT2D eigenvalue weighted by molar-refractivity contribution is -0.134. The molecule has 306 valence electrons. The molecule has 0 bridgehead atoms. The summed E-state index contributed by atoms with van der Waals surface area (Å²) in [4.78, 5) is 81.2. The van der Waals surface area contributed by atoms with E-state index in [0.717, 1.165) is 17.2 Å². The van der Waals surface area contributed by atoms with Crippen molar-refractivity contribution in [3.63, 3.8) is 0 Å². The van der Waals surface area contributed by atoms with Crippen LogP contribution in [0.3, 0.4) is 0 Å². The van der Waals surface area contributed by atoms with E-state index in [1.807, 2.05) is 20.8 Å². The number of phosphoric ester groups is 3. The zero-order valence-electron chi connectivity index (χ0n) is 30.3. The Hall–Kier alpha value is -2.59. The first-order valence-corrected chi connectivity index (χ1v) is 20.8. The van der Waals surface area contributed by atoms with E-state index in [-0.39, 0.29) is 48.4 Å². The third-order valence-corrected chi connectivity index (χ3v) is 10.7. The first kappa shape index (κ1) is 45.8. The van der Waals surface area contributed by atoms with Crippen LogP contribution in [0.25, 0.3) is 11.2 Å². The number of fused-ring (bicyclic) bond motifs is 1. The topological polar surface area (TPSA) is 344 Å². The van der Waals surface area contributed by atoms with Crippen molar-refractivity contribution in [2.45, 2.75) is 110 Å². The van der Waals surface area contributed by atoms with Crippen LogP contribution in [0.4, 0.5) is 5.82 Å². The normalized spacial score (nSPS) is 22.9. The Morgan fingerprint density at radius 1 is 1.00 bits per heavy atom. The van der Waals surface area contributed by atoms with Crippen molar-refractivity contribution in [3.8, 4) is 0 Å². The van der Waals surface area contributed by atoms with Gasteiger partial charge in [-0.25, -0.2) is 28.6 Å². The summed E-state index contributed by atoms with van der Waals surface area (Å²) in [6, 6.07) is 0. The molecule has 54 heavy (non-hydrogen) atoms. The Morgan fingerprint density at radius 3 is 2.28 bits per heavy atom. The van der Waals surface area contributed by atoms with E-state index in [9.17, 15) is 53.1 Å². The third-order valence-electron chi connectivity index (χ3n) is 7.60. The van der Waals surface area contributed by atoms with Gasteiger partial charge in [-0.2, -0.15) is 4.31 Å². The van der Waals surface area contributed by atoms with Crippen molar-refractivity contribution < 1.29 is 80.5 Å². The lowest BCUT2D eigenvalue weighted by atomic mass is 9.84. The molecule has 0 radical (unpaired) electrons. The molecular formula is C28H47N6O17P3. The SMILES string of the molecule is C/C(CCC(=O)CCCC(=O)C(O)C(C)(C)COP(=O)(O)OP(=O)(O)OCC1OC(n2cnc3c(N)ncnc32)C(O)C1OP(=O)(O)O)=N\OC(C)(C)C. The molecule has 0 amide bonds. The second-order valence-electron chi connectivity index (χ2n) is 14.1. The van der Waals surface area contributed by atoms with Crippen LogP contribution in [-0.4, -0.2) is 110 Å². The molecule has 0 aromatic carbocycles. The van der Waals surface area contributed by atoms with Crippen molar-refractivity contribution in [1.29, 1.82) is 0 Å². The minimum atomic E-state index is -5.54. The summed E-state index contributed by atoms with van der Waals surface area (Å²) in [6.07, 6.45) is -6.02. The summed E-state index contributed by atoms with van der Waals surface area (Å²) in [5.41, 5.74) is 4.52. The van der Waals surface area contributed by atoms with E-state index in [2.05, 4.69) is 28.9 Å². The van der Waals surface area contributed by atoms with Gasteiger partial charge in [0.05, 0.1) is 25.3 Å². The highest BCUT2D eigenvalue weighted by molar-refractivity contribution is 7.61. The van der Waals surface area contributed by atoms with E-state index >= 15 is 0 Å². The van der Waals surface area contributed by atoms with Gasteiger partial charge < -0.3 is 45.1 Å². The molecule has 7 atom stereocenters. The van der Waals surface area contributed by atoms with Crippen molar-refractivity contribution in [3.05, 3.63) is 12.7 Å². The average molecular weight is 833 g/mol. The van der Waals surface area contributed by atoms with E-state index in [1.165, 1.54) is 13.8 Å². The molecule has 2 aromatic heterocycles. The number of anilines is 1. The van der Waals surface area contributed by atoms with Crippen LogP contribution in [0.5, 0.6) is 0 Å². The number of aromatic nitrogens is 4. The molecule has 0 spiro atoms. The first-order chi connectivity index (χ1) is 24.7. The lowest BCUT2D eigenvalue weighted by Crippen LogP contribution is -2.39. The monoisotopic (exact) mass is 832 g/mol. The Balaban J connectivity index is 1.53. The Bertz CT molecular complexity index is 1810. The third kappa shape index (κ3) is 13.9. The van der Waals surface area contributed by atoms with Gasteiger partial charge >= 0.3 is 23.5 Å². The van der Waals surface area contributed by atoms with Crippen LogP contribution >= 0.6 is 23.5 Å². The van der Waals surface area contributed by atoms with Crippen LogP contribution in [0.15, 0.2) is 17.8 Å². The number of aliphatic hydroxyl groups is 2. The summed E-state index contributed by atoms with van der Waals surface area (Å²) in [7, 11) is -16.3. The Kier molecular flexibility index (Phi) is 15.4. The number of phosphoric acid groups is 3. The number of aliphatic hydroxyl groups excluding tert-OH is 2. The molecule has 3 rings (SSSR count). The quantitative estimate of drug-likeness (QED) is 0.0537. The van der Waals surface area contributed by atoms with Gasteiger partial charge in [0, 0.05) is 24.7 Å². The van der Waals surface area contributed by atoms with E-state index in [1.54, 1.807) is 6.92 Å². The number of nitrogen functional groups attached to an aromatic ring is 1. The number of ketones is 2. The van der Waals surface area contributed by atoms with Crippen molar-refractivity contribution >= 4 is 57.7 Å². The zero-order valence-corrected chi connectivity index (χ0v) is 33.0. The van der Waals surface area contributed by atoms with E-state index < -0.39 is 84.1 Å². The lowest BCUT2D eigenvalue weighted by Gasteiger charge is -2.30.